The second-order valence-electron chi connectivity index (χ2n) is 4.40. The monoisotopic (exact) mass is 300 g/mol. The third kappa shape index (κ3) is 2.89. The van der Waals surface area contributed by atoms with Crippen molar-refractivity contribution in [1.82, 2.24) is 9.62 Å². The first-order valence-electron chi connectivity index (χ1n) is 6.12. The number of nitrogens with zero attached hydrogens (tertiary/aromatic N) is 3. The zero-order valence-corrected chi connectivity index (χ0v) is 11.8. The lowest BCUT2D eigenvalue weighted by molar-refractivity contribution is -0.384. The molecule has 0 spiro atoms. The molecule has 1 heterocycles. The van der Waals surface area contributed by atoms with Crippen LogP contribution in [0.3, 0.4) is 0 Å². The lowest BCUT2D eigenvalue weighted by Gasteiger charge is -2.31. The van der Waals surface area contributed by atoms with Crippen LogP contribution in [0.2, 0.25) is 0 Å². The van der Waals surface area contributed by atoms with Gasteiger partial charge >= 0.3 is 10.2 Å². The van der Waals surface area contributed by atoms with Gasteiger partial charge in [-0.2, -0.15) is 12.7 Å². The highest BCUT2D eigenvalue weighted by molar-refractivity contribution is 7.90. The molecular formula is C11H16N4O4S. The van der Waals surface area contributed by atoms with Crippen molar-refractivity contribution in [3.63, 3.8) is 0 Å². The van der Waals surface area contributed by atoms with Gasteiger partial charge in [0.1, 0.15) is 0 Å². The second kappa shape index (κ2) is 5.73. The van der Waals surface area contributed by atoms with Crippen LogP contribution in [0, 0.1) is 10.1 Å². The molecule has 1 fully saturated rings. The summed E-state index contributed by atoms with van der Waals surface area (Å²) < 4.78 is 27.3. The van der Waals surface area contributed by atoms with Crippen molar-refractivity contribution < 1.29 is 13.3 Å². The number of anilines is 1. The molecule has 9 heteroatoms. The summed E-state index contributed by atoms with van der Waals surface area (Å²) in [6, 6.07) is 5.44. The van der Waals surface area contributed by atoms with Crippen molar-refractivity contribution in [3.05, 3.63) is 34.4 Å². The van der Waals surface area contributed by atoms with Crippen LogP contribution in [0.4, 0.5) is 11.4 Å². The fourth-order valence-corrected chi connectivity index (χ4v) is 3.34. The highest BCUT2D eigenvalue weighted by Crippen LogP contribution is 2.22. The number of nitrogens with one attached hydrogen (secondary N) is 1. The van der Waals surface area contributed by atoms with E-state index in [0.717, 1.165) is 4.31 Å². The molecule has 0 atom stereocenters. The van der Waals surface area contributed by atoms with Crippen molar-refractivity contribution >= 4 is 21.6 Å². The zero-order valence-electron chi connectivity index (χ0n) is 11.0. The van der Waals surface area contributed by atoms with Crippen LogP contribution in [0.15, 0.2) is 24.3 Å². The van der Waals surface area contributed by atoms with Gasteiger partial charge in [0, 0.05) is 45.4 Å². The van der Waals surface area contributed by atoms with Crippen molar-refractivity contribution in [2.45, 2.75) is 0 Å². The van der Waals surface area contributed by atoms with Crippen molar-refractivity contribution in [2.24, 2.45) is 0 Å². The van der Waals surface area contributed by atoms with Gasteiger partial charge in [0.25, 0.3) is 5.69 Å². The normalized spacial score (nSPS) is 16.9. The van der Waals surface area contributed by atoms with Crippen LogP contribution in [-0.2, 0) is 10.2 Å². The number of hydrogen-bond donors (Lipinski definition) is 1. The minimum atomic E-state index is -3.59. The average Bonchev–Trinajstić information content (AvgIpc) is 2.47. The molecule has 8 nitrogen and oxygen atoms in total. The van der Waals surface area contributed by atoms with Gasteiger partial charge in [0.2, 0.25) is 0 Å². The van der Waals surface area contributed by atoms with Gasteiger partial charge in [0.15, 0.2) is 0 Å². The molecular weight excluding hydrogens is 284 g/mol. The molecule has 1 N–H and O–H groups in total. The minimum absolute atomic E-state index is 0.0679. The van der Waals surface area contributed by atoms with Crippen molar-refractivity contribution in [3.8, 4) is 0 Å². The Bertz CT molecular complexity index is 581. The van der Waals surface area contributed by atoms with Gasteiger partial charge in [0.05, 0.1) is 10.6 Å². The van der Waals surface area contributed by atoms with E-state index in [1.54, 1.807) is 0 Å². The van der Waals surface area contributed by atoms with E-state index in [1.807, 2.05) is 0 Å². The van der Waals surface area contributed by atoms with Crippen molar-refractivity contribution in [1.29, 1.82) is 0 Å². The van der Waals surface area contributed by atoms with Crippen LogP contribution in [0.1, 0.15) is 0 Å². The second-order valence-corrected chi connectivity index (χ2v) is 6.36. The molecule has 1 saturated heterocycles. The van der Waals surface area contributed by atoms with E-state index in [4.69, 9.17) is 0 Å². The van der Waals surface area contributed by atoms with Crippen LogP contribution >= 0.6 is 0 Å². The lowest BCUT2D eigenvalue weighted by atomic mass is 10.3. The third-order valence-electron chi connectivity index (χ3n) is 3.17. The summed E-state index contributed by atoms with van der Waals surface area (Å²) in [5, 5.41) is 13.7. The summed E-state index contributed by atoms with van der Waals surface area (Å²) in [4.78, 5) is 10.1. The van der Waals surface area contributed by atoms with Crippen LogP contribution in [0.25, 0.3) is 0 Å². The molecule has 1 aromatic carbocycles. The van der Waals surface area contributed by atoms with Crippen LogP contribution in [-0.4, -0.2) is 50.9 Å². The largest absolute Gasteiger partial charge is 0.314 e. The quantitative estimate of drug-likeness (QED) is 0.632. The van der Waals surface area contributed by atoms with E-state index in [1.165, 1.54) is 35.6 Å². The average molecular weight is 300 g/mol. The number of hydrogen-bond acceptors (Lipinski definition) is 5. The van der Waals surface area contributed by atoms with E-state index in [9.17, 15) is 18.5 Å². The Morgan fingerprint density at radius 1 is 1.25 bits per heavy atom. The number of non-ortho nitro benzene ring substituents is 1. The molecule has 0 aliphatic carbocycles. The summed E-state index contributed by atoms with van der Waals surface area (Å²) in [5.41, 5.74) is 0.329. The Kier molecular flexibility index (Phi) is 4.21. The summed E-state index contributed by atoms with van der Waals surface area (Å²) in [5.74, 6) is 0. The van der Waals surface area contributed by atoms with E-state index in [-0.39, 0.29) is 5.69 Å². The third-order valence-corrected chi connectivity index (χ3v) is 5.09. The minimum Gasteiger partial charge on any atom is -0.314 e. The van der Waals surface area contributed by atoms with Crippen molar-refractivity contribution in [2.75, 3.05) is 37.5 Å². The van der Waals surface area contributed by atoms with Gasteiger partial charge in [-0.05, 0) is 12.1 Å². The first-order chi connectivity index (χ1) is 9.43. The lowest BCUT2D eigenvalue weighted by Crippen LogP contribution is -2.51. The fourth-order valence-electron chi connectivity index (χ4n) is 1.97. The summed E-state index contributed by atoms with van der Waals surface area (Å²) in [6.07, 6.45) is 0. The fraction of sp³-hybridized carbons (Fsp3) is 0.455. The maximum Gasteiger partial charge on any atom is 0.303 e. The Morgan fingerprint density at radius 3 is 2.30 bits per heavy atom. The standard InChI is InChI=1S/C11H16N4O4S/c1-13(10-2-4-11(5-3-10)15(16)17)20(18,19)14-8-6-12-7-9-14/h2-5,12H,6-9H2,1H3. The van der Waals surface area contributed by atoms with E-state index in [0.29, 0.717) is 31.9 Å². The molecule has 2 rings (SSSR count). The Morgan fingerprint density at radius 2 is 1.80 bits per heavy atom. The highest BCUT2D eigenvalue weighted by Gasteiger charge is 2.28. The summed E-state index contributed by atoms with van der Waals surface area (Å²) in [6.45, 7) is 2.07. The summed E-state index contributed by atoms with van der Waals surface area (Å²) >= 11 is 0. The number of rotatable bonds is 4. The molecule has 110 valence electrons. The number of nitro benzene ring substituents is 1. The van der Waals surface area contributed by atoms with Gasteiger partial charge < -0.3 is 5.32 Å². The van der Waals surface area contributed by atoms with E-state index < -0.39 is 15.1 Å². The smallest absolute Gasteiger partial charge is 0.303 e. The van der Waals surface area contributed by atoms with E-state index in [2.05, 4.69) is 5.32 Å². The first-order valence-corrected chi connectivity index (χ1v) is 7.52. The predicted octanol–water partition coefficient (Wildman–Crippen LogP) is 0.181. The topological polar surface area (TPSA) is 95.8 Å². The van der Waals surface area contributed by atoms with Crippen LogP contribution < -0.4 is 9.62 Å². The maximum absolute atomic E-state index is 12.4. The Balaban J connectivity index is 2.20. The van der Waals surface area contributed by atoms with Gasteiger partial charge in [-0.15, -0.1) is 0 Å². The number of piperazine rings is 1. The van der Waals surface area contributed by atoms with Gasteiger partial charge in [-0.3, -0.25) is 14.4 Å². The molecule has 1 aliphatic heterocycles. The van der Waals surface area contributed by atoms with Gasteiger partial charge in [-0.25, -0.2) is 0 Å². The zero-order chi connectivity index (χ0) is 14.8. The van der Waals surface area contributed by atoms with E-state index >= 15 is 0 Å². The summed E-state index contributed by atoms with van der Waals surface area (Å²) in [7, 11) is -2.15. The molecule has 0 unspecified atom stereocenters. The highest BCUT2D eigenvalue weighted by atomic mass is 32.2. The molecule has 0 amide bonds. The molecule has 0 aromatic heterocycles. The number of benzene rings is 1. The molecule has 0 saturated carbocycles. The van der Waals surface area contributed by atoms with Gasteiger partial charge in [-0.1, -0.05) is 0 Å². The molecule has 0 radical (unpaired) electrons. The molecule has 1 aromatic rings. The molecule has 0 bridgehead atoms. The predicted molar refractivity (Wildman–Crippen MR) is 74.9 cm³/mol. The van der Waals surface area contributed by atoms with Crippen LogP contribution in [0.5, 0.6) is 0 Å². The molecule has 20 heavy (non-hydrogen) atoms. The Labute approximate surface area is 117 Å². The Hall–Kier alpha value is -1.71. The number of nitro groups is 1. The first kappa shape index (κ1) is 14.7. The SMILES string of the molecule is CN(c1ccc([N+](=O)[O-])cc1)S(=O)(=O)N1CCNCC1. The maximum atomic E-state index is 12.4. The molecule has 1 aliphatic rings.